The number of imide groups is 1. The molecule has 1 aliphatic rings. The number of amides is 3. The quantitative estimate of drug-likeness (QED) is 0.634. The van der Waals surface area contributed by atoms with Crippen LogP contribution in [-0.4, -0.2) is 36.7 Å². The van der Waals surface area contributed by atoms with E-state index in [-0.39, 0.29) is 17.7 Å². The van der Waals surface area contributed by atoms with Crippen molar-refractivity contribution in [2.75, 3.05) is 14.1 Å². The highest BCUT2D eigenvalue weighted by Gasteiger charge is 2.47. The molecular formula is C10H16N2O3. The van der Waals surface area contributed by atoms with Gasteiger partial charge in [0.25, 0.3) is 0 Å². The minimum atomic E-state index is -0.526. The number of hydrogen-bond acceptors (Lipinski definition) is 3. The van der Waals surface area contributed by atoms with E-state index < -0.39 is 17.8 Å². The molecule has 2 unspecified atom stereocenters. The summed E-state index contributed by atoms with van der Waals surface area (Å²) in [6.45, 7) is 3.36. The van der Waals surface area contributed by atoms with E-state index in [0.717, 1.165) is 4.90 Å². The van der Waals surface area contributed by atoms with E-state index in [4.69, 9.17) is 0 Å². The zero-order valence-electron chi connectivity index (χ0n) is 9.40. The summed E-state index contributed by atoms with van der Waals surface area (Å²) in [5.74, 6) is -2.07. The van der Waals surface area contributed by atoms with E-state index in [1.165, 1.54) is 14.1 Å². The standard InChI is InChI=1S/C10H16N2O3/c1-5(8(13)11-3)7-6(2)9(14)12(4)10(7)15/h5-7H,1-4H3,(H,11,13)/t5?,6-,7?/m1/s1. The number of nitrogens with zero attached hydrogens (tertiary/aromatic N) is 1. The smallest absolute Gasteiger partial charge is 0.233 e. The van der Waals surface area contributed by atoms with Gasteiger partial charge in [-0.15, -0.1) is 0 Å². The van der Waals surface area contributed by atoms with Gasteiger partial charge in [-0.3, -0.25) is 19.3 Å². The number of carbonyl (C=O) groups is 3. The summed E-state index contributed by atoms with van der Waals surface area (Å²) in [4.78, 5) is 35.7. The number of rotatable bonds is 2. The lowest BCUT2D eigenvalue weighted by atomic mass is 9.85. The Morgan fingerprint density at radius 2 is 1.93 bits per heavy atom. The van der Waals surface area contributed by atoms with E-state index in [9.17, 15) is 14.4 Å². The molecule has 3 amide bonds. The van der Waals surface area contributed by atoms with Crippen molar-refractivity contribution in [3.05, 3.63) is 0 Å². The summed E-state index contributed by atoms with van der Waals surface area (Å²) in [7, 11) is 2.98. The van der Waals surface area contributed by atoms with Crippen molar-refractivity contribution in [2.45, 2.75) is 13.8 Å². The molecule has 0 aromatic rings. The summed E-state index contributed by atoms with van der Waals surface area (Å²) in [6, 6.07) is 0. The fourth-order valence-electron chi connectivity index (χ4n) is 2.04. The van der Waals surface area contributed by atoms with Gasteiger partial charge >= 0.3 is 0 Å². The molecule has 0 bridgehead atoms. The Hall–Kier alpha value is -1.39. The number of carbonyl (C=O) groups excluding carboxylic acids is 3. The van der Waals surface area contributed by atoms with Crippen LogP contribution in [0.4, 0.5) is 0 Å². The SMILES string of the molecule is CNC(=O)C(C)C1C(=O)N(C)C(=O)[C@@H]1C. The molecule has 0 aromatic heterocycles. The van der Waals surface area contributed by atoms with Crippen LogP contribution in [0.15, 0.2) is 0 Å². The Labute approximate surface area is 88.8 Å². The van der Waals surface area contributed by atoms with Crippen molar-refractivity contribution >= 4 is 17.7 Å². The van der Waals surface area contributed by atoms with Crippen LogP contribution in [0.3, 0.4) is 0 Å². The molecule has 0 aromatic carbocycles. The Kier molecular flexibility index (Phi) is 3.12. The normalized spacial score (nSPS) is 28.1. The van der Waals surface area contributed by atoms with Gasteiger partial charge in [-0.25, -0.2) is 0 Å². The van der Waals surface area contributed by atoms with Crippen molar-refractivity contribution in [2.24, 2.45) is 17.8 Å². The lowest BCUT2D eigenvalue weighted by Crippen LogP contribution is -2.36. The average molecular weight is 212 g/mol. The highest BCUT2D eigenvalue weighted by molar-refractivity contribution is 6.06. The molecule has 0 saturated carbocycles. The second-order valence-electron chi connectivity index (χ2n) is 3.95. The summed E-state index contributed by atoms with van der Waals surface area (Å²) >= 11 is 0. The molecule has 0 radical (unpaired) electrons. The van der Waals surface area contributed by atoms with Gasteiger partial charge in [0.05, 0.1) is 5.92 Å². The second kappa shape index (κ2) is 4.00. The van der Waals surface area contributed by atoms with Crippen LogP contribution in [-0.2, 0) is 14.4 Å². The Morgan fingerprint density at radius 3 is 2.27 bits per heavy atom. The van der Waals surface area contributed by atoms with Gasteiger partial charge in [0, 0.05) is 25.9 Å². The molecule has 0 aliphatic carbocycles. The predicted octanol–water partition coefficient (Wildman–Crippen LogP) is -0.381. The average Bonchev–Trinajstić information content (AvgIpc) is 2.41. The van der Waals surface area contributed by atoms with Crippen LogP contribution in [0, 0.1) is 17.8 Å². The summed E-state index contributed by atoms with van der Waals surface area (Å²) < 4.78 is 0. The first-order valence-electron chi connectivity index (χ1n) is 4.94. The van der Waals surface area contributed by atoms with Crippen molar-refractivity contribution in [3.63, 3.8) is 0 Å². The molecule has 5 heteroatoms. The van der Waals surface area contributed by atoms with Gasteiger partial charge < -0.3 is 5.32 Å². The maximum Gasteiger partial charge on any atom is 0.233 e. The van der Waals surface area contributed by atoms with Gasteiger partial charge in [0.2, 0.25) is 17.7 Å². The van der Waals surface area contributed by atoms with Crippen molar-refractivity contribution in [1.29, 1.82) is 0 Å². The van der Waals surface area contributed by atoms with Gasteiger partial charge in [0.1, 0.15) is 0 Å². The van der Waals surface area contributed by atoms with Gasteiger partial charge in [-0.2, -0.15) is 0 Å². The molecule has 1 saturated heterocycles. The molecular weight excluding hydrogens is 196 g/mol. The van der Waals surface area contributed by atoms with Gasteiger partial charge in [-0.05, 0) is 0 Å². The van der Waals surface area contributed by atoms with Crippen LogP contribution in [0.5, 0.6) is 0 Å². The molecule has 15 heavy (non-hydrogen) atoms. The van der Waals surface area contributed by atoms with Gasteiger partial charge in [0.15, 0.2) is 0 Å². The maximum atomic E-state index is 11.7. The molecule has 1 rings (SSSR count). The fraction of sp³-hybridized carbons (Fsp3) is 0.700. The minimum Gasteiger partial charge on any atom is -0.359 e. The topological polar surface area (TPSA) is 66.5 Å². The van der Waals surface area contributed by atoms with Crippen LogP contribution in [0.25, 0.3) is 0 Å². The highest BCUT2D eigenvalue weighted by Crippen LogP contribution is 2.30. The summed E-state index contributed by atoms with van der Waals surface area (Å²) in [5, 5.41) is 2.49. The third-order valence-corrected chi connectivity index (χ3v) is 3.07. The van der Waals surface area contributed by atoms with Crippen LogP contribution >= 0.6 is 0 Å². The van der Waals surface area contributed by atoms with E-state index in [1.807, 2.05) is 0 Å². The summed E-state index contributed by atoms with van der Waals surface area (Å²) in [6.07, 6.45) is 0. The first-order valence-corrected chi connectivity index (χ1v) is 4.94. The third kappa shape index (κ3) is 1.73. The Morgan fingerprint density at radius 1 is 1.40 bits per heavy atom. The molecule has 1 N–H and O–H groups in total. The number of likely N-dealkylation sites (tertiary alicyclic amines) is 1. The zero-order chi connectivity index (χ0) is 11.7. The minimum absolute atomic E-state index is 0.205. The van der Waals surface area contributed by atoms with Gasteiger partial charge in [-0.1, -0.05) is 13.8 Å². The first-order chi connectivity index (χ1) is 6.91. The van der Waals surface area contributed by atoms with E-state index in [1.54, 1.807) is 13.8 Å². The highest BCUT2D eigenvalue weighted by atomic mass is 16.2. The molecule has 0 spiro atoms. The van der Waals surface area contributed by atoms with Crippen molar-refractivity contribution in [3.8, 4) is 0 Å². The van der Waals surface area contributed by atoms with Crippen LogP contribution < -0.4 is 5.32 Å². The van der Waals surface area contributed by atoms with E-state index in [0.29, 0.717) is 0 Å². The predicted molar refractivity (Wildman–Crippen MR) is 53.7 cm³/mol. The largest absolute Gasteiger partial charge is 0.359 e. The third-order valence-electron chi connectivity index (χ3n) is 3.07. The second-order valence-corrected chi connectivity index (χ2v) is 3.95. The zero-order valence-corrected chi connectivity index (χ0v) is 9.40. The number of nitrogens with one attached hydrogen (secondary N) is 1. The molecule has 1 fully saturated rings. The molecule has 5 nitrogen and oxygen atoms in total. The number of hydrogen-bond donors (Lipinski definition) is 1. The van der Waals surface area contributed by atoms with Crippen molar-refractivity contribution < 1.29 is 14.4 Å². The fourth-order valence-corrected chi connectivity index (χ4v) is 2.04. The monoisotopic (exact) mass is 212 g/mol. The lowest BCUT2D eigenvalue weighted by Gasteiger charge is -2.18. The van der Waals surface area contributed by atoms with E-state index in [2.05, 4.69) is 5.32 Å². The Balaban J connectivity index is 2.91. The maximum absolute atomic E-state index is 11.7. The summed E-state index contributed by atoms with van der Waals surface area (Å²) in [5.41, 5.74) is 0. The molecule has 84 valence electrons. The molecule has 3 atom stereocenters. The first kappa shape index (κ1) is 11.7. The van der Waals surface area contributed by atoms with E-state index >= 15 is 0 Å². The lowest BCUT2D eigenvalue weighted by molar-refractivity contribution is -0.140. The molecule has 1 aliphatic heterocycles. The van der Waals surface area contributed by atoms with Crippen LogP contribution in [0.2, 0.25) is 0 Å². The van der Waals surface area contributed by atoms with Crippen LogP contribution in [0.1, 0.15) is 13.8 Å². The molecule has 1 heterocycles. The Bertz CT molecular complexity index is 314. The van der Waals surface area contributed by atoms with Crippen molar-refractivity contribution in [1.82, 2.24) is 10.2 Å².